The number of hydrogen-bond donors (Lipinski definition) is 2. The van der Waals surface area contributed by atoms with Crippen molar-refractivity contribution in [2.24, 2.45) is 0 Å². The van der Waals surface area contributed by atoms with Gasteiger partial charge in [0.1, 0.15) is 17.3 Å². The van der Waals surface area contributed by atoms with E-state index in [1.165, 1.54) is 12.1 Å². The number of carbonyl (C=O) groups excluding carboxylic acids is 2. The number of hydrogen-bond acceptors (Lipinski definition) is 5. The fourth-order valence-corrected chi connectivity index (χ4v) is 2.88. The zero-order chi connectivity index (χ0) is 21.6. The average Bonchev–Trinajstić information content (AvgIpc) is 3.26. The fourth-order valence-electron chi connectivity index (χ4n) is 2.88. The van der Waals surface area contributed by atoms with Crippen LogP contribution < -0.4 is 24.8 Å². The number of amides is 2. The lowest BCUT2D eigenvalue weighted by Crippen LogP contribution is -2.36. The highest BCUT2D eigenvalue weighted by atomic mass is 19.1. The van der Waals surface area contributed by atoms with Gasteiger partial charge in [0, 0.05) is 12.1 Å². The molecule has 31 heavy (non-hydrogen) atoms. The lowest BCUT2D eigenvalue weighted by molar-refractivity contribution is -0.120. The van der Waals surface area contributed by atoms with Crippen molar-refractivity contribution in [3.8, 4) is 23.0 Å². The maximum absolute atomic E-state index is 12.9. The van der Waals surface area contributed by atoms with Crippen molar-refractivity contribution in [2.75, 3.05) is 13.3 Å². The van der Waals surface area contributed by atoms with Crippen LogP contribution in [0.25, 0.3) is 0 Å². The molecule has 0 atom stereocenters. The summed E-state index contributed by atoms with van der Waals surface area (Å²) in [6.45, 7) is 0.275. The lowest BCUT2D eigenvalue weighted by atomic mass is 10.2. The molecule has 0 saturated carbocycles. The average molecular weight is 422 g/mol. The van der Waals surface area contributed by atoms with E-state index in [0.29, 0.717) is 35.1 Å². The molecule has 0 aliphatic carbocycles. The van der Waals surface area contributed by atoms with Crippen molar-refractivity contribution in [3.63, 3.8) is 0 Å². The van der Waals surface area contributed by atoms with E-state index in [2.05, 4.69) is 10.6 Å². The number of halogens is 1. The standard InChI is InChI=1S/C23H19FN2O5/c24-17-4-8-19(9-5-17)31-18-6-1-15(2-7-18)12-25-22(27)13-26-23(28)16-3-10-20-21(11-16)30-14-29-20/h1-11H,12-14H2,(H,25,27)(H,26,28). The van der Waals surface area contributed by atoms with E-state index in [0.717, 1.165) is 5.56 Å². The van der Waals surface area contributed by atoms with Crippen LogP contribution in [0.3, 0.4) is 0 Å². The molecular formula is C23H19FN2O5. The third-order valence-corrected chi connectivity index (χ3v) is 4.51. The smallest absolute Gasteiger partial charge is 0.251 e. The van der Waals surface area contributed by atoms with E-state index in [9.17, 15) is 14.0 Å². The molecule has 0 aromatic heterocycles. The Morgan fingerprint density at radius 1 is 0.871 bits per heavy atom. The Balaban J connectivity index is 1.22. The van der Waals surface area contributed by atoms with Crippen LogP contribution in [0.2, 0.25) is 0 Å². The van der Waals surface area contributed by atoms with Gasteiger partial charge in [-0.15, -0.1) is 0 Å². The summed E-state index contributed by atoms with van der Waals surface area (Å²) in [5, 5.41) is 5.31. The molecule has 3 aromatic carbocycles. The van der Waals surface area contributed by atoms with Crippen LogP contribution in [0.1, 0.15) is 15.9 Å². The first kappa shape index (κ1) is 20.2. The summed E-state index contributed by atoms with van der Waals surface area (Å²) in [5.41, 5.74) is 1.25. The Kier molecular flexibility index (Phi) is 5.98. The molecule has 0 saturated heterocycles. The molecule has 1 aliphatic heterocycles. The van der Waals surface area contributed by atoms with Crippen LogP contribution in [0.5, 0.6) is 23.0 Å². The molecule has 0 fully saturated rings. The Labute approximate surface area is 177 Å². The second-order valence-electron chi connectivity index (χ2n) is 6.73. The second kappa shape index (κ2) is 9.17. The first-order chi connectivity index (χ1) is 15.1. The highest BCUT2D eigenvalue weighted by Crippen LogP contribution is 2.32. The molecule has 4 rings (SSSR count). The van der Waals surface area contributed by atoms with Gasteiger partial charge in [0.05, 0.1) is 6.54 Å². The normalized spacial score (nSPS) is 11.6. The number of ether oxygens (including phenoxy) is 3. The van der Waals surface area contributed by atoms with E-state index in [-0.39, 0.29) is 31.0 Å². The van der Waals surface area contributed by atoms with Gasteiger partial charge in [0.15, 0.2) is 11.5 Å². The molecule has 1 aliphatic rings. The molecular weight excluding hydrogens is 403 g/mol. The number of rotatable bonds is 7. The zero-order valence-corrected chi connectivity index (χ0v) is 16.4. The van der Waals surface area contributed by atoms with Crippen LogP contribution in [0, 0.1) is 5.82 Å². The Hall–Kier alpha value is -4.07. The SMILES string of the molecule is O=C(CNC(=O)c1ccc2c(c1)OCO2)NCc1ccc(Oc2ccc(F)cc2)cc1. The van der Waals surface area contributed by atoms with Gasteiger partial charge in [0.2, 0.25) is 12.7 Å². The molecule has 1 heterocycles. The second-order valence-corrected chi connectivity index (χ2v) is 6.73. The molecule has 3 aromatic rings. The minimum absolute atomic E-state index is 0.127. The van der Waals surface area contributed by atoms with Gasteiger partial charge in [0.25, 0.3) is 5.91 Å². The van der Waals surface area contributed by atoms with Gasteiger partial charge < -0.3 is 24.8 Å². The molecule has 2 N–H and O–H groups in total. The Morgan fingerprint density at radius 3 is 2.29 bits per heavy atom. The van der Waals surface area contributed by atoms with Gasteiger partial charge in [-0.2, -0.15) is 0 Å². The van der Waals surface area contributed by atoms with Crippen LogP contribution in [-0.4, -0.2) is 25.2 Å². The van der Waals surface area contributed by atoms with E-state index >= 15 is 0 Å². The quantitative estimate of drug-likeness (QED) is 0.610. The molecule has 8 heteroatoms. The van der Waals surface area contributed by atoms with Crippen molar-refractivity contribution in [1.82, 2.24) is 10.6 Å². The van der Waals surface area contributed by atoms with Gasteiger partial charge in [-0.25, -0.2) is 4.39 Å². The molecule has 158 valence electrons. The molecule has 0 spiro atoms. The third kappa shape index (κ3) is 5.30. The molecule has 7 nitrogen and oxygen atoms in total. The minimum Gasteiger partial charge on any atom is -0.457 e. The van der Waals surface area contributed by atoms with E-state index < -0.39 is 0 Å². The van der Waals surface area contributed by atoms with Crippen LogP contribution >= 0.6 is 0 Å². The lowest BCUT2D eigenvalue weighted by Gasteiger charge is -2.09. The van der Waals surface area contributed by atoms with Gasteiger partial charge >= 0.3 is 0 Å². The summed E-state index contributed by atoms with van der Waals surface area (Å²) in [4.78, 5) is 24.3. The topological polar surface area (TPSA) is 85.9 Å². The highest BCUT2D eigenvalue weighted by molar-refractivity contribution is 5.97. The number of benzene rings is 3. The number of nitrogens with one attached hydrogen (secondary N) is 2. The molecule has 0 radical (unpaired) electrons. The van der Waals surface area contributed by atoms with Gasteiger partial charge in [-0.1, -0.05) is 12.1 Å². The third-order valence-electron chi connectivity index (χ3n) is 4.51. The largest absolute Gasteiger partial charge is 0.457 e. The maximum Gasteiger partial charge on any atom is 0.251 e. The van der Waals surface area contributed by atoms with Crippen LogP contribution in [-0.2, 0) is 11.3 Å². The van der Waals surface area contributed by atoms with Gasteiger partial charge in [-0.05, 0) is 60.2 Å². The van der Waals surface area contributed by atoms with Crippen molar-refractivity contribution in [2.45, 2.75) is 6.54 Å². The number of carbonyl (C=O) groups is 2. The highest BCUT2D eigenvalue weighted by Gasteiger charge is 2.16. The predicted molar refractivity (Wildman–Crippen MR) is 110 cm³/mol. The summed E-state index contributed by atoms with van der Waals surface area (Å²) >= 11 is 0. The Bertz CT molecular complexity index is 1080. The van der Waals surface area contributed by atoms with Crippen molar-refractivity contribution in [1.29, 1.82) is 0 Å². The molecule has 0 unspecified atom stereocenters. The summed E-state index contributed by atoms with van der Waals surface area (Å²) in [7, 11) is 0. The summed E-state index contributed by atoms with van der Waals surface area (Å²) < 4.78 is 29.0. The predicted octanol–water partition coefficient (Wildman–Crippen LogP) is 3.39. The van der Waals surface area contributed by atoms with Crippen molar-refractivity contribution < 1.29 is 28.2 Å². The van der Waals surface area contributed by atoms with Crippen LogP contribution in [0.4, 0.5) is 4.39 Å². The van der Waals surface area contributed by atoms with Crippen molar-refractivity contribution >= 4 is 11.8 Å². The summed E-state index contributed by atoms with van der Waals surface area (Å²) in [5.74, 6) is 1.19. The summed E-state index contributed by atoms with van der Waals surface area (Å²) in [6, 6.07) is 17.7. The number of fused-ring (bicyclic) bond motifs is 1. The van der Waals surface area contributed by atoms with Gasteiger partial charge in [-0.3, -0.25) is 9.59 Å². The fraction of sp³-hybridized carbons (Fsp3) is 0.130. The Morgan fingerprint density at radius 2 is 1.55 bits per heavy atom. The first-order valence-corrected chi connectivity index (χ1v) is 9.54. The van der Waals surface area contributed by atoms with E-state index in [4.69, 9.17) is 14.2 Å². The first-order valence-electron chi connectivity index (χ1n) is 9.54. The molecule has 2 amide bonds. The van der Waals surface area contributed by atoms with E-state index in [1.54, 1.807) is 42.5 Å². The zero-order valence-electron chi connectivity index (χ0n) is 16.4. The molecule has 0 bridgehead atoms. The van der Waals surface area contributed by atoms with Crippen LogP contribution in [0.15, 0.2) is 66.7 Å². The van der Waals surface area contributed by atoms with Crippen molar-refractivity contribution in [3.05, 3.63) is 83.7 Å². The van der Waals surface area contributed by atoms with E-state index in [1.807, 2.05) is 12.1 Å². The maximum atomic E-state index is 12.9. The summed E-state index contributed by atoms with van der Waals surface area (Å²) in [6.07, 6.45) is 0. The monoisotopic (exact) mass is 422 g/mol. The minimum atomic E-state index is -0.379.